The van der Waals surface area contributed by atoms with Crippen molar-refractivity contribution < 1.29 is 37.2 Å². The molecule has 3 heterocycles. The van der Waals surface area contributed by atoms with Crippen LogP contribution >= 0.6 is 37.7 Å². The molecule has 0 aromatic carbocycles. The summed E-state index contributed by atoms with van der Waals surface area (Å²) in [6.45, 7) is 6.07. The largest absolute Gasteiger partial charge is 0.705 e. The smallest absolute Gasteiger partial charge is 0.382 e. The lowest BCUT2D eigenvalue weighted by Gasteiger charge is -2.23. The normalized spacial score (nSPS) is 23.3. The Labute approximate surface area is 205 Å². The highest BCUT2D eigenvalue weighted by atomic mass is 33.1. The van der Waals surface area contributed by atoms with Crippen LogP contribution in [0.15, 0.2) is 12.7 Å². The molecule has 0 spiro atoms. The van der Waals surface area contributed by atoms with Crippen molar-refractivity contribution in [1.82, 2.24) is 19.5 Å². The predicted octanol–water partition coefficient (Wildman–Crippen LogP) is 3.78. The van der Waals surface area contributed by atoms with Crippen LogP contribution in [0.25, 0.3) is 11.2 Å². The summed E-state index contributed by atoms with van der Waals surface area (Å²) in [7, 11) is -4.78. The SMILES string of the molecule is CCCC(C)(C)SSCO[C@@H]1C[C@H](n2cnc3c(N)ncnc32)O[C@@H]1COP(=O)(O)O[P+](=O)O. The number of rotatable bonds is 13. The van der Waals surface area contributed by atoms with Crippen molar-refractivity contribution in [2.75, 3.05) is 18.3 Å². The van der Waals surface area contributed by atoms with E-state index in [2.05, 4.69) is 40.0 Å². The molecule has 34 heavy (non-hydrogen) atoms. The van der Waals surface area contributed by atoms with E-state index in [9.17, 15) is 14.0 Å². The Hall–Kier alpha value is -0.860. The van der Waals surface area contributed by atoms with Crippen molar-refractivity contribution in [2.24, 2.45) is 0 Å². The molecule has 17 heteroatoms. The van der Waals surface area contributed by atoms with Gasteiger partial charge in [0.25, 0.3) is 0 Å². The van der Waals surface area contributed by atoms with E-state index in [1.165, 1.54) is 12.7 Å². The molecule has 0 bridgehead atoms. The Morgan fingerprint density at radius 3 is 2.88 bits per heavy atom. The van der Waals surface area contributed by atoms with E-state index in [1.807, 2.05) is 0 Å². The molecule has 1 fully saturated rings. The van der Waals surface area contributed by atoms with Crippen LogP contribution in [0.1, 0.15) is 46.3 Å². The van der Waals surface area contributed by atoms with Gasteiger partial charge in [-0.05, 0) is 24.6 Å². The molecule has 4 N–H and O–H groups in total. The van der Waals surface area contributed by atoms with Gasteiger partial charge in [-0.3, -0.25) is 14.0 Å². The summed E-state index contributed by atoms with van der Waals surface area (Å²) in [5.41, 5.74) is 6.76. The molecule has 190 valence electrons. The number of nitrogens with zero attached hydrogens (tertiary/aromatic N) is 4. The van der Waals surface area contributed by atoms with Gasteiger partial charge in [-0.1, -0.05) is 34.9 Å². The number of phosphoric ester groups is 1. The van der Waals surface area contributed by atoms with Gasteiger partial charge < -0.3 is 15.2 Å². The van der Waals surface area contributed by atoms with Crippen LogP contribution in [0.3, 0.4) is 0 Å². The number of phosphoric acid groups is 1. The monoisotopic (exact) mass is 556 g/mol. The van der Waals surface area contributed by atoms with Crippen molar-refractivity contribution in [3.05, 3.63) is 12.7 Å². The van der Waals surface area contributed by atoms with Crippen molar-refractivity contribution in [1.29, 1.82) is 0 Å². The number of hydrogen-bond donors (Lipinski definition) is 3. The summed E-state index contributed by atoms with van der Waals surface area (Å²) in [6.07, 6.45) is 3.51. The van der Waals surface area contributed by atoms with E-state index >= 15 is 0 Å². The highest BCUT2D eigenvalue weighted by Gasteiger charge is 2.42. The quantitative estimate of drug-likeness (QED) is 0.140. The van der Waals surface area contributed by atoms with Crippen LogP contribution in [0.5, 0.6) is 0 Å². The van der Waals surface area contributed by atoms with Gasteiger partial charge in [-0.15, -0.1) is 4.89 Å². The predicted molar refractivity (Wildman–Crippen MR) is 129 cm³/mol. The minimum absolute atomic E-state index is 0.0945. The molecular weight excluding hydrogens is 528 g/mol. The van der Waals surface area contributed by atoms with Crippen molar-refractivity contribution in [2.45, 2.75) is 63.2 Å². The summed E-state index contributed by atoms with van der Waals surface area (Å²) in [4.78, 5) is 30.8. The summed E-state index contributed by atoms with van der Waals surface area (Å²) in [5.74, 6) is 0.582. The Bertz CT molecular complexity index is 1040. The first-order chi connectivity index (χ1) is 16.0. The Kier molecular flexibility index (Phi) is 9.72. The van der Waals surface area contributed by atoms with E-state index in [4.69, 9.17) is 24.6 Å². The second-order valence-corrected chi connectivity index (χ2v) is 13.3. The molecule has 0 amide bonds. The third-order valence-corrected chi connectivity index (χ3v) is 9.78. The fourth-order valence-electron chi connectivity index (χ4n) is 3.50. The van der Waals surface area contributed by atoms with Gasteiger partial charge in [-0.2, -0.15) is 0 Å². The molecule has 5 atom stereocenters. The molecule has 1 saturated heterocycles. The Balaban J connectivity index is 1.69. The molecule has 0 radical (unpaired) electrons. The van der Waals surface area contributed by atoms with Gasteiger partial charge in [0, 0.05) is 15.7 Å². The van der Waals surface area contributed by atoms with E-state index < -0.39 is 41.1 Å². The van der Waals surface area contributed by atoms with Gasteiger partial charge in [0.05, 0.1) is 19.0 Å². The molecule has 0 aliphatic carbocycles. The average molecular weight is 557 g/mol. The van der Waals surface area contributed by atoms with Crippen molar-refractivity contribution in [3.8, 4) is 0 Å². The number of nitrogens with two attached hydrogens (primary N) is 1. The first-order valence-electron chi connectivity index (χ1n) is 10.3. The van der Waals surface area contributed by atoms with Crippen LogP contribution in [0.4, 0.5) is 5.82 Å². The van der Waals surface area contributed by atoms with Gasteiger partial charge >= 0.3 is 16.1 Å². The summed E-state index contributed by atoms with van der Waals surface area (Å²) in [6, 6.07) is 0. The molecule has 1 aliphatic heterocycles. The molecule has 2 unspecified atom stereocenters. The third kappa shape index (κ3) is 7.57. The van der Waals surface area contributed by atoms with E-state index in [0.29, 0.717) is 23.5 Å². The zero-order chi connectivity index (χ0) is 24.9. The van der Waals surface area contributed by atoms with Crippen LogP contribution in [0.2, 0.25) is 0 Å². The van der Waals surface area contributed by atoms with Gasteiger partial charge in [-0.25, -0.2) is 19.5 Å². The average Bonchev–Trinajstić information content (AvgIpc) is 3.33. The van der Waals surface area contributed by atoms with Crippen molar-refractivity contribution >= 4 is 54.6 Å². The second kappa shape index (κ2) is 11.9. The number of anilines is 1. The van der Waals surface area contributed by atoms with E-state index in [1.54, 1.807) is 26.2 Å². The lowest BCUT2D eigenvalue weighted by atomic mass is 10.1. The zero-order valence-electron chi connectivity index (χ0n) is 18.8. The second-order valence-electron chi connectivity index (χ2n) is 8.07. The van der Waals surface area contributed by atoms with Crippen molar-refractivity contribution in [3.63, 3.8) is 0 Å². The maximum atomic E-state index is 11.9. The molecular formula is C17H28N5O8P2S2+. The molecule has 2 aromatic heterocycles. The van der Waals surface area contributed by atoms with Gasteiger partial charge in [0.2, 0.25) is 0 Å². The third-order valence-electron chi connectivity index (χ3n) is 4.92. The maximum Gasteiger partial charge on any atom is 0.705 e. The lowest BCUT2D eigenvalue weighted by molar-refractivity contribution is -0.0519. The molecule has 0 saturated carbocycles. The summed E-state index contributed by atoms with van der Waals surface area (Å²) < 4.78 is 45.4. The first kappa shape index (κ1) is 27.7. The molecule has 1 aliphatic rings. The summed E-state index contributed by atoms with van der Waals surface area (Å²) >= 11 is 0. The topological polar surface area (TPSA) is 181 Å². The number of aromatic nitrogens is 4. The summed E-state index contributed by atoms with van der Waals surface area (Å²) in [5, 5.41) is 0. The molecule has 3 rings (SSSR count). The maximum absolute atomic E-state index is 11.9. The van der Waals surface area contributed by atoms with Gasteiger partial charge in [0.1, 0.15) is 30.1 Å². The Morgan fingerprint density at radius 2 is 2.18 bits per heavy atom. The number of nitrogen functional groups attached to an aromatic ring is 1. The minimum atomic E-state index is -4.75. The van der Waals surface area contributed by atoms with E-state index in [-0.39, 0.29) is 10.6 Å². The number of ether oxygens (including phenoxy) is 2. The lowest BCUT2D eigenvalue weighted by Crippen LogP contribution is -2.29. The highest BCUT2D eigenvalue weighted by Crippen LogP contribution is 2.51. The number of imidazole rings is 1. The molecule has 2 aromatic rings. The standard InChI is InChI=1S/C17H27N5O8P2S2/c1-4-5-17(2,3)34-33-10-27-11-6-13(22-9-21-14-15(18)19-8-20-16(14)22)29-12(11)7-28-32(25,26)30-31(23)24/h8-9,11-13H,4-7,10H2,1-3H3,(H3-,18,19,20,23,24,25,26)/p+1/t11-,12-,13-/m1/s1. The highest BCUT2D eigenvalue weighted by molar-refractivity contribution is 8.77. The fraction of sp³-hybridized carbons (Fsp3) is 0.706. The van der Waals surface area contributed by atoms with E-state index in [0.717, 1.165) is 12.8 Å². The first-order valence-corrected chi connectivity index (χ1v) is 15.3. The zero-order valence-corrected chi connectivity index (χ0v) is 22.3. The Morgan fingerprint density at radius 1 is 1.41 bits per heavy atom. The fourth-order valence-corrected chi connectivity index (χ4v) is 7.13. The van der Waals surface area contributed by atoms with Crippen LogP contribution in [-0.2, 0) is 27.4 Å². The number of hydrogen-bond acceptors (Lipinski definition) is 12. The van der Waals surface area contributed by atoms with Crippen LogP contribution in [-0.4, -0.2) is 58.8 Å². The molecule has 13 nitrogen and oxygen atoms in total. The number of fused-ring (bicyclic) bond motifs is 1. The van der Waals surface area contributed by atoms with Crippen LogP contribution in [0, 0.1) is 0 Å². The van der Waals surface area contributed by atoms with Gasteiger partial charge in [0.15, 0.2) is 11.5 Å². The van der Waals surface area contributed by atoms with Crippen LogP contribution < -0.4 is 5.73 Å². The minimum Gasteiger partial charge on any atom is -0.382 e.